The molecule has 3 nitrogen and oxygen atoms in total. The van der Waals surface area contributed by atoms with Crippen LogP contribution in [-0.2, 0) is 11.3 Å². The Balaban J connectivity index is 2.62. The quantitative estimate of drug-likeness (QED) is 0.597. The second-order valence-electron chi connectivity index (χ2n) is 3.95. The average Bonchev–Trinajstić information content (AvgIpc) is 2.75. The predicted molar refractivity (Wildman–Crippen MR) is 67.2 cm³/mol. The molecule has 3 heteroatoms. The van der Waals surface area contributed by atoms with Crippen LogP contribution >= 0.6 is 0 Å². The molecule has 0 saturated heterocycles. The molecular weight excluding hydrogens is 214 g/mol. The van der Waals surface area contributed by atoms with Gasteiger partial charge in [-0.15, -0.1) is 0 Å². The van der Waals surface area contributed by atoms with E-state index < -0.39 is 0 Å². The van der Waals surface area contributed by atoms with Gasteiger partial charge in [0.2, 0.25) is 11.6 Å². The van der Waals surface area contributed by atoms with E-state index in [1.165, 1.54) is 0 Å². The van der Waals surface area contributed by atoms with Crippen LogP contribution in [0.2, 0.25) is 0 Å². The van der Waals surface area contributed by atoms with Gasteiger partial charge in [0.15, 0.2) is 0 Å². The predicted octanol–water partition coefficient (Wildman–Crippen LogP) is 2.82. The van der Waals surface area contributed by atoms with Gasteiger partial charge in [0.1, 0.15) is 0 Å². The van der Waals surface area contributed by atoms with E-state index >= 15 is 0 Å². The van der Waals surface area contributed by atoms with Crippen molar-refractivity contribution in [2.24, 2.45) is 0 Å². The van der Waals surface area contributed by atoms with Crippen LogP contribution in [0.25, 0.3) is 10.9 Å². The molecule has 88 valence electrons. The van der Waals surface area contributed by atoms with Crippen molar-refractivity contribution in [1.82, 2.24) is 4.57 Å². The Hall–Kier alpha value is -1.90. The van der Waals surface area contributed by atoms with Crippen molar-refractivity contribution >= 4 is 22.5 Å². The molecular formula is C14H15NO2. The zero-order chi connectivity index (χ0) is 12.4. The number of hydrogen-bond donors (Lipinski definition) is 0. The molecule has 0 N–H and O–H groups in total. The Morgan fingerprint density at radius 1 is 1.18 bits per heavy atom. The zero-order valence-corrected chi connectivity index (χ0v) is 10.1. The molecule has 0 spiro atoms. The van der Waals surface area contributed by atoms with Crippen molar-refractivity contribution in [3.8, 4) is 0 Å². The average molecular weight is 229 g/mol. The molecule has 17 heavy (non-hydrogen) atoms. The standard InChI is InChI=1S/C14H15NO2/c1-3-13(16)14(17)11-9-15(4-2)12-8-6-5-7-10(11)12/h5-9H,3-4H2,1-2H3. The highest BCUT2D eigenvalue weighted by atomic mass is 16.2. The number of nitrogens with zero attached hydrogens (tertiary/aromatic N) is 1. The maximum absolute atomic E-state index is 12.0. The number of aromatic nitrogens is 1. The summed E-state index contributed by atoms with van der Waals surface area (Å²) >= 11 is 0. The summed E-state index contributed by atoms with van der Waals surface area (Å²) in [6, 6.07) is 7.67. The number of aryl methyl sites for hydroxylation is 1. The molecule has 0 aliphatic carbocycles. The third-order valence-corrected chi connectivity index (χ3v) is 2.95. The lowest BCUT2D eigenvalue weighted by Crippen LogP contribution is -2.12. The number of rotatable bonds is 4. The van der Waals surface area contributed by atoms with Crippen molar-refractivity contribution in [1.29, 1.82) is 0 Å². The maximum atomic E-state index is 12.0. The zero-order valence-electron chi connectivity index (χ0n) is 10.1. The first kappa shape index (κ1) is 11.6. The van der Waals surface area contributed by atoms with E-state index in [1.807, 2.05) is 35.8 Å². The second kappa shape index (κ2) is 4.53. The van der Waals surface area contributed by atoms with Gasteiger partial charge >= 0.3 is 0 Å². The molecule has 1 aromatic heterocycles. The normalized spacial score (nSPS) is 10.7. The summed E-state index contributed by atoms with van der Waals surface area (Å²) in [5, 5.41) is 0.862. The van der Waals surface area contributed by atoms with Gasteiger partial charge in [-0.25, -0.2) is 0 Å². The molecule has 0 aliphatic rings. The van der Waals surface area contributed by atoms with Crippen LogP contribution < -0.4 is 0 Å². The fraction of sp³-hybridized carbons (Fsp3) is 0.286. The number of carbonyl (C=O) groups excluding carboxylic acids is 2. The summed E-state index contributed by atoms with van der Waals surface area (Å²) in [4.78, 5) is 23.5. The van der Waals surface area contributed by atoms with Crippen molar-refractivity contribution in [3.05, 3.63) is 36.0 Å². The van der Waals surface area contributed by atoms with Gasteiger partial charge in [-0.3, -0.25) is 9.59 Å². The van der Waals surface area contributed by atoms with Crippen molar-refractivity contribution in [2.75, 3.05) is 0 Å². The minimum atomic E-state index is -0.379. The first-order valence-electron chi connectivity index (χ1n) is 5.84. The molecule has 0 bridgehead atoms. The molecule has 1 heterocycles. The Morgan fingerprint density at radius 3 is 2.53 bits per heavy atom. The van der Waals surface area contributed by atoms with E-state index in [9.17, 15) is 9.59 Å². The first-order chi connectivity index (χ1) is 8.19. The van der Waals surface area contributed by atoms with E-state index in [-0.39, 0.29) is 18.0 Å². The van der Waals surface area contributed by atoms with Crippen LogP contribution in [0, 0.1) is 0 Å². The minimum Gasteiger partial charge on any atom is -0.347 e. The Labute approximate surface area is 100 Å². The Morgan fingerprint density at radius 2 is 1.88 bits per heavy atom. The fourth-order valence-electron chi connectivity index (χ4n) is 2.00. The van der Waals surface area contributed by atoms with Crippen LogP contribution in [0.5, 0.6) is 0 Å². The number of benzene rings is 1. The van der Waals surface area contributed by atoms with E-state index in [0.717, 1.165) is 17.4 Å². The summed E-state index contributed by atoms with van der Waals surface area (Å²) in [7, 11) is 0. The third kappa shape index (κ3) is 1.88. The summed E-state index contributed by atoms with van der Waals surface area (Å²) in [6.45, 7) is 4.51. The summed E-state index contributed by atoms with van der Waals surface area (Å²) < 4.78 is 1.99. The number of fused-ring (bicyclic) bond motifs is 1. The second-order valence-corrected chi connectivity index (χ2v) is 3.95. The minimum absolute atomic E-state index is 0.254. The van der Waals surface area contributed by atoms with Crippen LogP contribution in [0.15, 0.2) is 30.5 Å². The van der Waals surface area contributed by atoms with Crippen molar-refractivity contribution in [3.63, 3.8) is 0 Å². The van der Waals surface area contributed by atoms with Gasteiger partial charge < -0.3 is 4.57 Å². The lowest BCUT2D eigenvalue weighted by molar-refractivity contribution is -0.114. The number of hydrogen-bond acceptors (Lipinski definition) is 2. The van der Waals surface area contributed by atoms with E-state index in [4.69, 9.17) is 0 Å². The van der Waals surface area contributed by atoms with Crippen molar-refractivity contribution < 1.29 is 9.59 Å². The van der Waals surface area contributed by atoms with Gasteiger partial charge in [-0.2, -0.15) is 0 Å². The smallest absolute Gasteiger partial charge is 0.230 e. The number of ketones is 2. The van der Waals surface area contributed by atoms with E-state index in [2.05, 4.69) is 0 Å². The lowest BCUT2D eigenvalue weighted by atomic mass is 10.1. The molecule has 0 aliphatic heterocycles. The highest BCUT2D eigenvalue weighted by Crippen LogP contribution is 2.22. The van der Waals surface area contributed by atoms with Crippen LogP contribution in [0.4, 0.5) is 0 Å². The molecule has 0 amide bonds. The Kier molecular flexibility index (Phi) is 3.09. The molecule has 0 radical (unpaired) electrons. The summed E-state index contributed by atoms with van der Waals surface area (Å²) in [5.74, 6) is -0.708. The van der Waals surface area contributed by atoms with Gasteiger partial charge in [-0.1, -0.05) is 25.1 Å². The van der Waals surface area contributed by atoms with Gasteiger partial charge in [0, 0.05) is 30.1 Å². The summed E-state index contributed by atoms with van der Waals surface area (Å²) in [5.41, 5.74) is 1.52. The SMILES string of the molecule is CCC(=O)C(=O)c1cn(CC)c2ccccc12. The van der Waals surface area contributed by atoms with Crippen LogP contribution in [0.3, 0.4) is 0 Å². The molecule has 2 rings (SSSR count). The summed E-state index contributed by atoms with van der Waals surface area (Å²) in [6.07, 6.45) is 2.03. The van der Waals surface area contributed by atoms with Crippen LogP contribution in [0.1, 0.15) is 30.6 Å². The molecule has 0 fully saturated rings. The topological polar surface area (TPSA) is 39.1 Å². The number of Topliss-reactive ketones (excluding diaryl/α,β-unsaturated/α-hetero) is 2. The highest BCUT2D eigenvalue weighted by molar-refractivity contribution is 6.45. The van der Waals surface area contributed by atoms with Gasteiger partial charge in [-0.05, 0) is 13.0 Å². The first-order valence-corrected chi connectivity index (χ1v) is 5.84. The molecule has 1 aromatic carbocycles. The molecule has 2 aromatic rings. The molecule has 0 saturated carbocycles. The van der Waals surface area contributed by atoms with E-state index in [0.29, 0.717) is 5.56 Å². The van der Waals surface area contributed by atoms with Gasteiger partial charge in [0.25, 0.3) is 0 Å². The third-order valence-electron chi connectivity index (χ3n) is 2.95. The number of carbonyl (C=O) groups is 2. The van der Waals surface area contributed by atoms with Gasteiger partial charge in [0.05, 0.1) is 5.56 Å². The molecule has 0 unspecified atom stereocenters. The number of para-hydroxylation sites is 1. The largest absolute Gasteiger partial charge is 0.347 e. The fourth-order valence-corrected chi connectivity index (χ4v) is 2.00. The van der Waals surface area contributed by atoms with Crippen LogP contribution in [-0.4, -0.2) is 16.1 Å². The monoisotopic (exact) mass is 229 g/mol. The van der Waals surface area contributed by atoms with Crippen molar-refractivity contribution in [2.45, 2.75) is 26.8 Å². The van der Waals surface area contributed by atoms with E-state index in [1.54, 1.807) is 13.1 Å². The lowest BCUT2D eigenvalue weighted by Gasteiger charge is -1.97. The Bertz CT molecular complexity index is 581. The maximum Gasteiger partial charge on any atom is 0.230 e. The highest BCUT2D eigenvalue weighted by Gasteiger charge is 2.19. The molecule has 0 atom stereocenters.